The highest BCUT2D eigenvalue weighted by molar-refractivity contribution is 5.33. The van der Waals surface area contributed by atoms with Gasteiger partial charge in [0.05, 0.1) is 6.61 Å². The van der Waals surface area contributed by atoms with Crippen molar-refractivity contribution in [1.82, 2.24) is 0 Å². The first-order valence-electron chi connectivity index (χ1n) is 6.20. The van der Waals surface area contributed by atoms with Gasteiger partial charge in [-0.15, -0.1) is 0 Å². The predicted molar refractivity (Wildman–Crippen MR) is 67.8 cm³/mol. The molecule has 0 radical (unpaired) electrons. The Balaban J connectivity index is 2.26. The van der Waals surface area contributed by atoms with Crippen LogP contribution < -0.4 is 0 Å². The molecule has 0 saturated heterocycles. The van der Waals surface area contributed by atoms with Crippen LogP contribution in [0.25, 0.3) is 0 Å². The number of aliphatic hydroxyl groups is 1. The van der Waals surface area contributed by atoms with Gasteiger partial charge in [0.2, 0.25) is 0 Å². The van der Waals surface area contributed by atoms with Crippen molar-refractivity contribution in [1.29, 1.82) is 0 Å². The minimum Gasteiger partial charge on any atom is -0.395 e. The molecule has 16 heavy (non-hydrogen) atoms. The summed E-state index contributed by atoms with van der Waals surface area (Å²) in [5, 5.41) is 9.52. The molecule has 0 atom stereocenters. The van der Waals surface area contributed by atoms with Crippen molar-refractivity contribution >= 4 is 0 Å². The normalized spacial score (nSPS) is 19.2. The van der Waals surface area contributed by atoms with Crippen molar-refractivity contribution in [3.8, 4) is 0 Å². The SMILES string of the molecule is CC(C)(C)c1ccc(C2(CO)CCC2)cc1. The molecule has 1 heteroatoms. The van der Waals surface area contributed by atoms with Gasteiger partial charge in [-0.05, 0) is 29.4 Å². The Kier molecular flexibility index (Phi) is 2.83. The quantitative estimate of drug-likeness (QED) is 0.806. The van der Waals surface area contributed by atoms with E-state index in [0.29, 0.717) is 6.61 Å². The lowest BCUT2D eigenvalue weighted by Crippen LogP contribution is -2.37. The van der Waals surface area contributed by atoms with E-state index in [4.69, 9.17) is 0 Å². The third-order valence-electron chi connectivity index (χ3n) is 3.98. The molecule has 1 aliphatic rings. The van der Waals surface area contributed by atoms with E-state index in [2.05, 4.69) is 45.0 Å². The molecule has 1 fully saturated rings. The molecule has 1 aromatic rings. The second-order valence-corrected chi connectivity index (χ2v) is 6.12. The zero-order chi connectivity index (χ0) is 11.8. The molecular formula is C15H22O. The van der Waals surface area contributed by atoms with Gasteiger partial charge in [0, 0.05) is 5.41 Å². The molecule has 88 valence electrons. The van der Waals surface area contributed by atoms with Crippen LogP contribution in [0.3, 0.4) is 0 Å². The van der Waals surface area contributed by atoms with Crippen LogP contribution in [0.2, 0.25) is 0 Å². The van der Waals surface area contributed by atoms with Gasteiger partial charge >= 0.3 is 0 Å². The number of aliphatic hydroxyl groups excluding tert-OH is 1. The molecule has 2 rings (SSSR count). The first kappa shape index (κ1) is 11.7. The Morgan fingerprint density at radius 1 is 1.12 bits per heavy atom. The standard InChI is InChI=1S/C15H22O/c1-14(2,3)12-5-7-13(8-6-12)15(11-16)9-4-10-15/h5-8,16H,4,9-11H2,1-3H3. The van der Waals surface area contributed by atoms with Gasteiger partial charge in [-0.2, -0.15) is 0 Å². The molecule has 0 unspecified atom stereocenters. The lowest BCUT2D eigenvalue weighted by Gasteiger charge is -2.41. The van der Waals surface area contributed by atoms with Crippen molar-refractivity contribution in [2.45, 2.75) is 50.9 Å². The molecule has 1 aliphatic carbocycles. The van der Waals surface area contributed by atoms with E-state index in [-0.39, 0.29) is 10.8 Å². The molecule has 0 bridgehead atoms. The number of hydrogen-bond donors (Lipinski definition) is 1. The lowest BCUT2D eigenvalue weighted by molar-refractivity contribution is 0.120. The third-order valence-corrected chi connectivity index (χ3v) is 3.98. The smallest absolute Gasteiger partial charge is 0.0527 e. The summed E-state index contributed by atoms with van der Waals surface area (Å²) >= 11 is 0. The topological polar surface area (TPSA) is 20.2 Å². The van der Waals surface area contributed by atoms with Gasteiger partial charge in [0.1, 0.15) is 0 Å². The monoisotopic (exact) mass is 218 g/mol. The molecule has 1 N–H and O–H groups in total. The molecular weight excluding hydrogens is 196 g/mol. The van der Waals surface area contributed by atoms with Crippen LogP contribution in [0.15, 0.2) is 24.3 Å². The minimum absolute atomic E-state index is 0.0798. The molecule has 0 spiro atoms. The summed E-state index contributed by atoms with van der Waals surface area (Å²) in [6.45, 7) is 6.98. The Hall–Kier alpha value is -0.820. The molecule has 0 aliphatic heterocycles. The predicted octanol–water partition coefficient (Wildman–Crippen LogP) is 3.40. The Morgan fingerprint density at radius 3 is 2.00 bits per heavy atom. The molecule has 1 saturated carbocycles. The van der Waals surface area contributed by atoms with E-state index >= 15 is 0 Å². The molecule has 1 aromatic carbocycles. The summed E-state index contributed by atoms with van der Waals surface area (Å²) in [5.41, 5.74) is 2.97. The average Bonchev–Trinajstić information content (AvgIpc) is 2.16. The van der Waals surface area contributed by atoms with Crippen molar-refractivity contribution in [3.63, 3.8) is 0 Å². The van der Waals surface area contributed by atoms with Crippen molar-refractivity contribution in [3.05, 3.63) is 35.4 Å². The van der Waals surface area contributed by atoms with Crippen LogP contribution in [0.5, 0.6) is 0 Å². The Labute approximate surface area is 98.5 Å². The van der Waals surface area contributed by atoms with Gasteiger partial charge in [0.25, 0.3) is 0 Å². The fourth-order valence-electron chi connectivity index (χ4n) is 2.47. The van der Waals surface area contributed by atoms with Gasteiger partial charge in [-0.1, -0.05) is 51.5 Å². The molecule has 0 amide bonds. The van der Waals surface area contributed by atoms with Crippen LogP contribution in [-0.4, -0.2) is 11.7 Å². The largest absolute Gasteiger partial charge is 0.395 e. The van der Waals surface area contributed by atoms with Gasteiger partial charge in [0.15, 0.2) is 0 Å². The summed E-state index contributed by atoms with van der Waals surface area (Å²) in [5.74, 6) is 0. The maximum Gasteiger partial charge on any atom is 0.0527 e. The molecule has 1 nitrogen and oxygen atoms in total. The second kappa shape index (κ2) is 3.89. The van der Waals surface area contributed by atoms with Crippen LogP contribution in [0.4, 0.5) is 0 Å². The fraction of sp³-hybridized carbons (Fsp3) is 0.600. The van der Waals surface area contributed by atoms with Gasteiger partial charge in [-0.3, -0.25) is 0 Å². The van der Waals surface area contributed by atoms with Crippen molar-refractivity contribution < 1.29 is 5.11 Å². The summed E-state index contributed by atoms with van der Waals surface area (Å²) in [4.78, 5) is 0. The average molecular weight is 218 g/mol. The van der Waals surface area contributed by atoms with Crippen LogP contribution in [0, 0.1) is 0 Å². The zero-order valence-corrected chi connectivity index (χ0v) is 10.6. The van der Waals surface area contributed by atoms with Crippen LogP contribution >= 0.6 is 0 Å². The van der Waals surface area contributed by atoms with Crippen LogP contribution in [-0.2, 0) is 10.8 Å². The molecule has 0 heterocycles. The number of benzene rings is 1. The van der Waals surface area contributed by atoms with E-state index in [9.17, 15) is 5.11 Å². The van der Waals surface area contributed by atoms with E-state index in [1.165, 1.54) is 17.5 Å². The van der Waals surface area contributed by atoms with E-state index in [1.54, 1.807) is 0 Å². The van der Waals surface area contributed by atoms with E-state index in [0.717, 1.165) is 12.8 Å². The summed E-state index contributed by atoms with van der Waals surface area (Å²) in [6.07, 6.45) is 3.53. The minimum atomic E-state index is 0.0798. The van der Waals surface area contributed by atoms with Crippen LogP contribution in [0.1, 0.15) is 51.2 Å². The second-order valence-electron chi connectivity index (χ2n) is 6.12. The zero-order valence-electron chi connectivity index (χ0n) is 10.6. The third kappa shape index (κ3) is 1.89. The highest BCUT2D eigenvalue weighted by Crippen LogP contribution is 2.43. The van der Waals surface area contributed by atoms with Gasteiger partial charge < -0.3 is 5.11 Å². The fourth-order valence-corrected chi connectivity index (χ4v) is 2.47. The summed E-state index contributed by atoms with van der Waals surface area (Å²) in [7, 11) is 0. The Bertz CT molecular complexity index is 347. The van der Waals surface area contributed by atoms with E-state index in [1.807, 2.05) is 0 Å². The number of rotatable bonds is 2. The molecule has 0 aromatic heterocycles. The highest BCUT2D eigenvalue weighted by atomic mass is 16.3. The summed E-state index contributed by atoms with van der Waals surface area (Å²) < 4.78 is 0. The lowest BCUT2D eigenvalue weighted by atomic mass is 9.65. The van der Waals surface area contributed by atoms with Gasteiger partial charge in [-0.25, -0.2) is 0 Å². The first-order valence-corrected chi connectivity index (χ1v) is 6.20. The van der Waals surface area contributed by atoms with Crippen molar-refractivity contribution in [2.24, 2.45) is 0 Å². The summed E-state index contributed by atoms with van der Waals surface area (Å²) in [6, 6.07) is 8.84. The first-order chi connectivity index (χ1) is 7.48. The highest BCUT2D eigenvalue weighted by Gasteiger charge is 2.37. The maximum absolute atomic E-state index is 9.52. The number of hydrogen-bond acceptors (Lipinski definition) is 1. The van der Waals surface area contributed by atoms with Crippen molar-refractivity contribution in [2.75, 3.05) is 6.61 Å². The Morgan fingerprint density at radius 2 is 1.69 bits per heavy atom. The maximum atomic E-state index is 9.52. The van der Waals surface area contributed by atoms with E-state index < -0.39 is 0 Å².